The number of aryl methyl sites for hydroxylation is 1. The fraction of sp³-hybridized carbons (Fsp3) is 0.667. The summed E-state index contributed by atoms with van der Waals surface area (Å²) in [5.74, 6) is -0.0141. The molecule has 2 N–H and O–H groups in total. The smallest absolute Gasteiger partial charge is 0.248 e. The van der Waals surface area contributed by atoms with Gasteiger partial charge in [0.1, 0.15) is 4.90 Å². The molecule has 8 nitrogen and oxygen atoms in total. The molecule has 0 aliphatic carbocycles. The number of anilines is 1. The molecule has 118 valence electrons. The molecule has 0 saturated carbocycles. The molecule has 0 bridgehead atoms. The van der Waals surface area contributed by atoms with Gasteiger partial charge < -0.3 is 10.6 Å². The van der Waals surface area contributed by atoms with Crippen molar-refractivity contribution in [3.63, 3.8) is 0 Å². The van der Waals surface area contributed by atoms with E-state index in [1.54, 1.807) is 9.58 Å². The van der Waals surface area contributed by atoms with Crippen LogP contribution >= 0.6 is 0 Å². The molecule has 2 heterocycles. The monoisotopic (exact) mass is 315 g/mol. The van der Waals surface area contributed by atoms with Gasteiger partial charge in [0.2, 0.25) is 15.9 Å². The van der Waals surface area contributed by atoms with Gasteiger partial charge in [-0.3, -0.25) is 9.48 Å². The van der Waals surface area contributed by atoms with E-state index >= 15 is 0 Å². The van der Waals surface area contributed by atoms with E-state index < -0.39 is 10.0 Å². The maximum absolute atomic E-state index is 12.6. The van der Waals surface area contributed by atoms with Gasteiger partial charge in [-0.05, 0) is 6.42 Å². The van der Waals surface area contributed by atoms with E-state index in [2.05, 4.69) is 5.10 Å². The molecule has 0 aromatic carbocycles. The number of nitrogen functional groups attached to an aromatic ring is 1. The zero-order valence-corrected chi connectivity index (χ0v) is 13.1. The molecule has 1 saturated heterocycles. The Balaban J connectivity index is 2.17. The van der Waals surface area contributed by atoms with Gasteiger partial charge >= 0.3 is 0 Å². The van der Waals surface area contributed by atoms with E-state index in [0.29, 0.717) is 19.6 Å². The fourth-order valence-electron chi connectivity index (χ4n) is 2.34. The van der Waals surface area contributed by atoms with Gasteiger partial charge in [0.15, 0.2) is 5.82 Å². The van der Waals surface area contributed by atoms with Crippen LogP contribution in [0.15, 0.2) is 11.1 Å². The Morgan fingerprint density at radius 2 is 1.95 bits per heavy atom. The van der Waals surface area contributed by atoms with Crippen LogP contribution in [-0.4, -0.2) is 59.5 Å². The van der Waals surface area contributed by atoms with Crippen LogP contribution in [0.1, 0.15) is 20.3 Å². The molecule has 21 heavy (non-hydrogen) atoms. The predicted octanol–water partition coefficient (Wildman–Crippen LogP) is -0.272. The van der Waals surface area contributed by atoms with Gasteiger partial charge in [-0.2, -0.15) is 9.40 Å². The number of carbonyl (C=O) groups is 1. The third-order valence-corrected chi connectivity index (χ3v) is 5.42. The second-order valence-electron chi connectivity index (χ2n) is 5.05. The van der Waals surface area contributed by atoms with Gasteiger partial charge in [-0.15, -0.1) is 0 Å². The van der Waals surface area contributed by atoms with Crippen molar-refractivity contribution in [3.8, 4) is 0 Å². The molecule has 0 unspecified atom stereocenters. The topological polar surface area (TPSA) is 102 Å². The van der Waals surface area contributed by atoms with Crippen LogP contribution in [0.5, 0.6) is 0 Å². The minimum atomic E-state index is -3.65. The summed E-state index contributed by atoms with van der Waals surface area (Å²) in [5.41, 5.74) is 5.74. The fourth-order valence-corrected chi connectivity index (χ4v) is 3.83. The number of rotatable bonds is 4. The van der Waals surface area contributed by atoms with Crippen LogP contribution in [0, 0.1) is 0 Å². The van der Waals surface area contributed by atoms with Crippen LogP contribution < -0.4 is 5.73 Å². The zero-order valence-electron chi connectivity index (χ0n) is 12.3. The maximum Gasteiger partial charge on any atom is 0.248 e. The minimum Gasteiger partial charge on any atom is -0.381 e. The van der Waals surface area contributed by atoms with Crippen molar-refractivity contribution in [1.29, 1.82) is 0 Å². The van der Waals surface area contributed by atoms with E-state index in [0.717, 1.165) is 6.42 Å². The van der Waals surface area contributed by atoms with Crippen molar-refractivity contribution < 1.29 is 13.2 Å². The highest BCUT2D eigenvalue weighted by molar-refractivity contribution is 7.89. The summed E-state index contributed by atoms with van der Waals surface area (Å²) in [4.78, 5) is 13.0. The lowest BCUT2D eigenvalue weighted by Gasteiger charge is -2.33. The van der Waals surface area contributed by atoms with Gasteiger partial charge in [-0.1, -0.05) is 6.92 Å². The number of hydrogen-bond acceptors (Lipinski definition) is 5. The minimum absolute atomic E-state index is 0.0254. The maximum atomic E-state index is 12.6. The Labute approximate surface area is 124 Å². The highest BCUT2D eigenvalue weighted by Crippen LogP contribution is 2.22. The van der Waals surface area contributed by atoms with E-state index in [9.17, 15) is 13.2 Å². The van der Waals surface area contributed by atoms with Crippen molar-refractivity contribution in [2.45, 2.75) is 31.7 Å². The zero-order chi connectivity index (χ0) is 15.6. The number of hydrogen-bond donors (Lipinski definition) is 1. The Hall–Kier alpha value is -1.61. The molecule has 0 radical (unpaired) electrons. The second kappa shape index (κ2) is 6.02. The van der Waals surface area contributed by atoms with E-state index in [-0.39, 0.29) is 29.7 Å². The normalized spacial score (nSPS) is 17.1. The van der Waals surface area contributed by atoms with Gasteiger partial charge in [0.05, 0.1) is 0 Å². The lowest BCUT2D eigenvalue weighted by molar-refractivity contribution is -0.129. The summed E-state index contributed by atoms with van der Waals surface area (Å²) in [6.45, 7) is 5.44. The van der Waals surface area contributed by atoms with E-state index in [1.807, 2.05) is 6.92 Å². The van der Waals surface area contributed by atoms with Crippen molar-refractivity contribution in [2.24, 2.45) is 0 Å². The molecular formula is C12H21N5O3S. The summed E-state index contributed by atoms with van der Waals surface area (Å²) in [6.07, 6.45) is 2.32. The van der Waals surface area contributed by atoms with Crippen molar-refractivity contribution in [3.05, 3.63) is 6.20 Å². The summed E-state index contributed by atoms with van der Waals surface area (Å²) in [7, 11) is -3.65. The Bertz CT molecular complexity index is 617. The Morgan fingerprint density at radius 3 is 2.48 bits per heavy atom. The van der Waals surface area contributed by atoms with Gasteiger partial charge in [-0.25, -0.2) is 8.42 Å². The van der Waals surface area contributed by atoms with Crippen LogP contribution in [0.25, 0.3) is 0 Å². The predicted molar refractivity (Wildman–Crippen MR) is 77.9 cm³/mol. The Morgan fingerprint density at radius 1 is 1.33 bits per heavy atom. The summed E-state index contributed by atoms with van der Waals surface area (Å²) in [5, 5.41) is 4.03. The number of nitrogens with two attached hydrogens (primary N) is 1. The van der Waals surface area contributed by atoms with E-state index in [4.69, 9.17) is 5.73 Å². The quantitative estimate of drug-likeness (QED) is 0.824. The number of amides is 1. The first-order valence-corrected chi connectivity index (χ1v) is 8.39. The van der Waals surface area contributed by atoms with Crippen LogP contribution in [0.2, 0.25) is 0 Å². The summed E-state index contributed by atoms with van der Waals surface area (Å²) < 4.78 is 28.1. The highest BCUT2D eigenvalue weighted by atomic mass is 32.2. The summed E-state index contributed by atoms with van der Waals surface area (Å²) >= 11 is 0. The molecule has 0 spiro atoms. The third kappa shape index (κ3) is 3.18. The molecule has 2 rings (SSSR count). The number of sulfonamides is 1. The molecule has 1 aliphatic rings. The lowest BCUT2D eigenvalue weighted by atomic mass is 10.3. The molecule has 1 aliphatic heterocycles. The first-order valence-electron chi connectivity index (χ1n) is 6.95. The first-order chi connectivity index (χ1) is 9.86. The summed E-state index contributed by atoms with van der Waals surface area (Å²) in [6, 6.07) is 0. The van der Waals surface area contributed by atoms with Crippen LogP contribution in [-0.2, 0) is 21.4 Å². The Kier molecular flexibility index (Phi) is 4.52. The third-order valence-electron chi connectivity index (χ3n) is 3.51. The standard InChI is InChI=1S/C12H21N5O3S/c1-3-4-16-9-11(12(13)14-16)21(19,20)17-7-5-15(6-8-17)10(2)18/h9H,3-8H2,1-2H3,(H2,13,14). The van der Waals surface area contributed by atoms with Crippen molar-refractivity contribution in [1.82, 2.24) is 19.0 Å². The molecule has 0 atom stereocenters. The average molecular weight is 315 g/mol. The van der Waals surface area contributed by atoms with Gasteiger partial charge in [0.25, 0.3) is 0 Å². The molecule has 1 amide bonds. The molecule has 1 fully saturated rings. The number of carbonyl (C=O) groups excluding carboxylic acids is 1. The van der Waals surface area contributed by atoms with Crippen molar-refractivity contribution in [2.75, 3.05) is 31.9 Å². The highest BCUT2D eigenvalue weighted by Gasteiger charge is 2.32. The molecule has 1 aromatic rings. The van der Waals surface area contributed by atoms with E-state index in [1.165, 1.54) is 17.4 Å². The number of nitrogens with zero attached hydrogens (tertiary/aromatic N) is 4. The van der Waals surface area contributed by atoms with Gasteiger partial charge in [0, 0.05) is 45.8 Å². The molecular weight excluding hydrogens is 294 g/mol. The number of piperazine rings is 1. The second-order valence-corrected chi connectivity index (χ2v) is 6.96. The van der Waals surface area contributed by atoms with Crippen LogP contribution in [0.3, 0.4) is 0 Å². The first kappa shape index (κ1) is 15.8. The van der Waals surface area contributed by atoms with Crippen LogP contribution in [0.4, 0.5) is 5.82 Å². The lowest BCUT2D eigenvalue weighted by Crippen LogP contribution is -2.49. The molecule has 1 aromatic heterocycles. The largest absolute Gasteiger partial charge is 0.381 e. The van der Waals surface area contributed by atoms with Crippen molar-refractivity contribution >= 4 is 21.7 Å². The average Bonchev–Trinajstić information content (AvgIpc) is 2.81. The SMILES string of the molecule is CCCn1cc(S(=O)(=O)N2CCN(C(C)=O)CC2)c(N)n1. The molecule has 9 heteroatoms. The number of aromatic nitrogens is 2.